The Morgan fingerprint density at radius 1 is 0.439 bits per heavy atom. The summed E-state index contributed by atoms with van der Waals surface area (Å²) in [6.07, 6.45) is 0.216. The smallest absolute Gasteiger partial charge is 0.410 e. The highest BCUT2D eigenvalue weighted by Gasteiger charge is 2.41. The van der Waals surface area contributed by atoms with Gasteiger partial charge in [0.25, 0.3) is 5.91 Å². The van der Waals surface area contributed by atoms with Crippen molar-refractivity contribution in [2.45, 2.75) is 140 Å². The number of aromatic nitrogens is 1. The van der Waals surface area contributed by atoms with E-state index < -0.39 is 132 Å². The van der Waals surface area contributed by atoms with Crippen LogP contribution in [0, 0.1) is 11.8 Å². The van der Waals surface area contributed by atoms with Gasteiger partial charge in [-0.2, -0.15) is 0 Å². The summed E-state index contributed by atoms with van der Waals surface area (Å²) in [6.45, 7) is 9.65. The second-order valence-corrected chi connectivity index (χ2v) is 28.0. The molecule has 0 radical (unpaired) electrons. The molecule has 11 rings (SSSR count). The van der Waals surface area contributed by atoms with Crippen LogP contribution in [0.2, 0.25) is 0 Å². The van der Waals surface area contributed by atoms with Crippen molar-refractivity contribution >= 4 is 77.0 Å². The zero-order valence-electron chi connectivity index (χ0n) is 60.5. The standard InChI is InChI=1S/C81H90N12O14/c1-46(2)70(90-72(95)48(5)83-76(99)65-35-21-37-92(65)80(103)106-43-61-57-31-17-13-27-53(57)54-28-14-18-32-58(54)61)78(101)85-63(39-50-23-9-7-10-24-50)74(97)88-68-41-52(105-45-67(82)94)42-69(87-68)89-75(98)64(40-51-25-11-8-12-26-51)86-79(102)71(47(3)4)91-73(96)49(6)84-77(100)66-36-22-38-93(66)81(104)107-44-62-59-33-19-15-29-55(59)56-30-16-20-34-60(56)62/h7-20,23-34,41-42,46-49,61-66,70-71H,21-22,35-40,43-45H2,1-6H3,(H2,82,94)(H,83,99)(H,84,100)(H,85,101)(H,86,102)(H,90,95)(H,91,96)(H2,87,88,89,97,98)/t48-,49-,63-,64-,65-,66-,70-,71-/m0/s1. The first kappa shape index (κ1) is 76.2. The van der Waals surface area contributed by atoms with E-state index in [-0.39, 0.29) is 68.4 Å². The molecule has 0 saturated carbocycles. The summed E-state index contributed by atoms with van der Waals surface area (Å²) in [5.41, 5.74) is 15.2. The Labute approximate surface area is 620 Å². The fourth-order valence-corrected chi connectivity index (χ4v) is 14.2. The Morgan fingerprint density at radius 3 is 1.13 bits per heavy atom. The quantitative estimate of drug-likeness (QED) is 0.0221. The van der Waals surface area contributed by atoms with Gasteiger partial charge in [-0.3, -0.25) is 53.0 Å². The highest BCUT2D eigenvalue weighted by atomic mass is 16.6. The molecule has 11 amide bonds. The number of ether oxygens (including phenoxy) is 3. The van der Waals surface area contributed by atoms with Gasteiger partial charge >= 0.3 is 12.2 Å². The molecule has 107 heavy (non-hydrogen) atoms. The summed E-state index contributed by atoms with van der Waals surface area (Å²) < 4.78 is 17.5. The van der Waals surface area contributed by atoms with Crippen molar-refractivity contribution < 1.29 is 67.0 Å². The topological polar surface area (TPSA) is 357 Å². The van der Waals surface area contributed by atoms with Crippen LogP contribution in [0.3, 0.4) is 0 Å². The molecule has 558 valence electrons. The van der Waals surface area contributed by atoms with E-state index >= 15 is 0 Å². The van der Waals surface area contributed by atoms with Gasteiger partial charge in [0.2, 0.25) is 47.3 Å². The summed E-state index contributed by atoms with van der Waals surface area (Å²) >= 11 is 0. The number of carbonyl (C=O) groups is 11. The summed E-state index contributed by atoms with van der Waals surface area (Å²) in [6, 6.07) is 42.4. The second-order valence-electron chi connectivity index (χ2n) is 28.0. The van der Waals surface area contributed by atoms with Crippen molar-refractivity contribution in [2.24, 2.45) is 17.6 Å². The van der Waals surface area contributed by atoms with Gasteiger partial charge in [0, 0.05) is 49.9 Å². The molecule has 2 fully saturated rings. The third-order valence-electron chi connectivity index (χ3n) is 19.8. The maximum Gasteiger partial charge on any atom is 0.410 e. The molecule has 0 unspecified atom stereocenters. The SMILES string of the molecule is CC(C)[C@H](NC(=O)[C@H](C)NC(=O)[C@@H]1CCCN1C(=O)OCC1c2ccccc2-c2ccccc21)C(=O)N[C@@H](Cc1ccccc1)C(=O)Nc1cc(OCC(N)=O)cc(NC(=O)[C@H](Cc2ccccc2)NC(=O)[C@@H](NC(=O)[C@H](C)NC(=O)[C@@H]2CCCN2C(=O)OCC2c3ccccc3-c3ccccc32)C(C)C)n1. The maximum atomic E-state index is 14.7. The Morgan fingerprint density at radius 2 is 0.785 bits per heavy atom. The average molecular weight is 1460 g/mol. The van der Waals surface area contributed by atoms with Crippen LogP contribution in [0.15, 0.2) is 170 Å². The number of nitrogens with zero attached hydrogens (tertiary/aromatic N) is 3. The van der Waals surface area contributed by atoms with E-state index in [1.54, 1.807) is 88.4 Å². The normalized spacial score (nSPS) is 16.6. The summed E-state index contributed by atoms with van der Waals surface area (Å²) in [7, 11) is 0. The average Bonchev–Trinajstić information content (AvgIpc) is 1.62. The minimum absolute atomic E-state index is 0.0566. The van der Waals surface area contributed by atoms with Gasteiger partial charge in [0.05, 0.1) is 0 Å². The van der Waals surface area contributed by atoms with Gasteiger partial charge in [-0.25, -0.2) is 14.6 Å². The number of hydrogen-bond donors (Lipinski definition) is 9. The molecule has 0 bridgehead atoms. The fourth-order valence-electron chi connectivity index (χ4n) is 14.2. The Hall–Kier alpha value is -12.0. The van der Waals surface area contributed by atoms with Crippen LogP contribution >= 0.6 is 0 Å². The largest absolute Gasteiger partial charge is 0.484 e. The van der Waals surface area contributed by atoms with E-state index in [9.17, 15) is 52.7 Å². The third kappa shape index (κ3) is 18.6. The first-order valence-electron chi connectivity index (χ1n) is 36.2. The van der Waals surface area contributed by atoms with Crippen molar-refractivity contribution in [3.05, 3.63) is 203 Å². The van der Waals surface area contributed by atoms with Crippen molar-refractivity contribution in [1.82, 2.24) is 46.7 Å². The van der Waals surface area contributed by atoms with Crippen molar-refractivity contribution in [3.8, 4) is 28.0 Å². The molecule has 2 aliphatic carbocycles. The van der Waals surface area contributed by atoms with Crippen LogP contribution in [0.1, 0.15) is 112 Å². The lowest BCUT2D eigenvalue weighted by molar-refractivity contribution is -0.134. The van der Waals surface area contributed by atoms with Gasteiger partial charge < -0.3 is 62.5 Å². The van der Waals surface area contributed by atoms with Gasteiger partial charge in [-0.05, 0) is 107 Å². The molecule has 2 saturated heterocycles. The van der Waals surface area contributed by atoms with Crippen LogP contribution in [0.5, 0.6) is 5.75 Å². The van der Waals surface area contributed by atoms with Gasteiger partial charge in [-0.1, -0.05) is 185 Å². The zero-order valence-corrected chi connectivity index (χ0v) is 60.5. The van der Waals surface area contributed by atoms with E-state index in [0.717, 1.165) is 44.5 Å². The zero-order chi connectivity index (χ0) is 76.0. The van der Waals surface area contributed by atoms with Crippen LogP contribution in [0.4, 0.5) is 21.2 Å². The molecule has 0 spiro atoms. The predicted octanol–water partition coefficient (Wildman–Crippen LogP) is 7.40. The molecule has 7 aromatic rings. The molecule has 3 heterocycles. The molecule has 2 aliphatic heterocycles. The minimum Gasteiger partial charge on any atom is -0.484 e. The monoisotopic (exact) mass is 1450 g/mol. The number of amides is 11. The number of pyridine rings is 1. The van der Waals surface area contributed by atoms with Gasteiger partial charge in [0.15, 0.2) is 6.61 Å². The van der Waals surface area contributed by atoms with E-state index in [2.05, 4.69) is 47.5 Å². The molecule has 26 heteroatoms. The molecule has 4 aliphatic rings. The first-order chi connectivity index (χ1) is 51.5. The van der Waals surface area contributed by atoms with Crippen LogP contribution < -0.4 is 53.0 Å². The number of likely N-dealkylation sites (tertiary alicyclic amines) is 2. The van der Waals surface area contributed by atoms with E-state index in [1.807, 2.05) is 97.1 Å². The van der Waals surface area contributed by atoms with Crippen LogP contribution in [0.25, 0.3) is 22.3 Å². The molecular formula is C81H90N12O14. The highest BCUT2D eigenvalue weighted by molar-refractivity contribution is 6.01. The highest BCUT2D eigenvalue weighted by Crippen LogP contribution is 2.46. The molecule has 26 nitrogen and oxygen atoms in total. The Bertz CT molecular complexity index is 4100. The lowest BCUT2D eigenvalue weighted by Gasteiger charge is -2.28. The molecule has 1 aromatic heterocycles. The lowest BCUT2D eigenvalue weighted by Crippen LogP contribution is -2.58. The molecule has 10 N–H and O–H groups in total. The van der Waals surface area contributed by atoms with E-state index in [0.29, 0.717) is 36.8 Å². The van der Waals surface area contributed by atoms with Crippen molar-refractivity contribution in [2.75, 3.05) is 43.5 Å². The van der Waals surface area contributed by atoms with Crippen molar-refractivity contribution in [3.63, 3.8) is 0 Å². The number of rotatable bonds is 29. The number of carbonyl (C=O) groups excluding carboxylic acids is 11. The molecule has 6 aromatic carbocycles. The molecule has 8 atom stereocenters. The summed E-state index contributed by atoms with van der Waals surface area (Å²) in [5.74, 6) is -8.70. The second kappa shape index (κ2) is 34.8. The van der Waals surface area contributed by atoms with Crippen LogP contribution in [-0.2, 0) is 65.5 Å². The first-order valence-corrected chi connectivity index (χ1v) is 36.2. The predicted molar refractivity (Wildman–Crippen MR) is 399 cm³/mol. The Balaban J connectivity index is 0.721. The van der Waals surface area contributed by atoms with Crippen molar-refractivity contribution in [1.29, 1.82) is 0 Å². The fraction of sp³-hybridized carbons (Fsp3) is 0.358. The number of nitrogens with two attached hydrogens (primary N) is 1. The number of fused-ring (bicyclic) bond motifs is 6. The number of nitrogens with one attached hydrogen (secondary N) is 8. The van der Waals surface area contributed by atoms with Crippen LogP contribution in [-0.4, -0.2) is 161 Å². The number of hydrogen-bond acceptors (Lipinski definition) is 15. The van der Waals surface area contributed by atoms with Gasteiger partial charge in [0.1, 0.15) is 78.9 Å². The summed E-state index contributed by atoms with van der Waals surface area (Å²) in [4.78, 5) is 161. The maximum absolute atomic E-state index is 14.7. The summed E-state index contributed by atoms with van der Waals surface area (Å²) in [5, 5.41) is 21.9. The molecular weight excluding hydrogens is 1360 g/mol. The minimum atomic E-state index is -1.36. The number of anilines is 2. The number of benzene rings is 6. The van der Waals surface area contributed by atoms with Gasteiger partial charge in [-0.15, -0.1) is 0 Å². The lowest BCUT2D eigenvalue weighted by atomic mass is 9.98. The van der Waals surface area contributed by atoms with E-state index in [4.69, 9.17) is 19.9 Å². The van der Waals surface area contributed by atoms with E-state index in [1.165, 1.54) is 35.8 Å². The third-order valence-corrected chi connectivity index (χ3v) is 19.8. The Kier molecular flexibility index (Phi) is 24.7. The number of primary amides is 1.